The van der Waals surface area contributed by atoms with E-state index in [0.717, 1.165) is 5.56 Å². The number of carbonyl (C=O) groups excluding carboxylic acids is 1. The standard InChI is InChI=1S/C19H22N4O3S/c1-5-26-18(25)13-11(4)21-16-15(14(13)12-6-8-20-9-7-12)17(24)23-19(22-16)27-10(2)3/h6-10,14H,5H2,1-4H3,(H2,21,22,23,24). The maximum atomic E-state index is 12.9. The third kappa shape index (κ3) is 3.90. The molecule has 7 nitrogen and oxygen atoms in total. The van der Waals surface area contributed by atoms with Crippen LogP contribution in [0.2, 0.25) is 0 Å². The minimum atomic E-state index is -0.572. The monoisotopic (exact) mass is 386 g/mol. The molecule has 0 spiro atoms. The highest BCUT2D eigenvalue weighted by Gasteiger charge is 2.36. The minimum Gasteiger partial charge on any atom is -0.463 e. The molecule has 8 heteroatoms. The molecule has 1 atom stereocenters. The number of hydrogen-bond donors (Lipinski definition) is 2. The van der Waals surface area contributed by atoms with Gasteiger partial charge in [0.05, 0.1) is 23.7 Å². The third-order valence-corrected chi connectivity index (χ3v) is 4.99. The smallest absolute Gasteiger partial charge is 0.336 e. The molecule has 1 unspecified atom stereocenters. The molecule has 0 aliphatic carbocycles. The van der Waals surface area contributed by atoms with Gasteiger partial charge in [-0.25, -0.2) is 9.78 Å². The quantitative estimate of drug-likeness (QED) is 0.463. The van der Waals surface area contributed by atoms with Gasteiger partial charge in [-0.05, 0) is 31.5 Å². The van der Waals surface area contributed by atoms with Gasteiger partial charge in [-0.3, -0.25) is 9.78 Å². The summed E-state index contributed by atoms with van der Waals surface area (Å²) in [5, 5.41) is 3.94. The van der Waals surface area contributed by atoms with Crippen LogP contribution in [0, 0.1) is 0 Å². The number of H-pyrrole nitrogens is 1. The van der Waals surface area contributed by atoms with E-state index >= 15 is 0 Å². The normalized spacial score (nSPS) is 16.1. The van der Waals surface area contributed by atoms with E-state index in [1.807, 2.05) is 13.8 Å². The molecule has 0 radical (unpaired) electrons. The maximum Gasteiger partial charge on any atom is 0.336 e. The van der Waals surface area contributed by atoms with Crippen LogP contribution >= 0.6 is 11.8 Å². The highest BCUT2D eigenvalue weighted by molar-refractivity contribution is 7.99. The van der Waals surface area contributed by atoms with Gasteiger partial charge in [-0.2, -0.15) is 0 Å². The van der Waals surface area contributed by atoms with Gasteiger partial charge >= 0.3 is 5.97 Å². The molecule has 2 aromatic heterocycles. The number of allylic oxidation sites excluding steroid dienone is 1. The van der Waals surface area contributed by atoms with E-state index < -0.39 is 11.9 Å². The van der Waals surface area contributed by atoms with Crippen LogP contribution in [0.1, 0.15) is 44.7 Å². The first kappa shape index (κ1) is 19.2. The summed E-state index contributed by atoms with van der Waals surface area (Å²) < 4.78 is 5.25. The number of fused-ring (bicyclic) bond motifs is 1. The number of nitrogens with one attached hydrogen (secondary N) is 2. The second-order valence-electron chi connectivity index (χ2n) is 6.40. The molecule has 0 fully saturated rings. The first-order valence-electron chi connectivity index (χ1n) is 8.78. The molecule has 3 heterocycles. The number of aromatic nitrogens is 3. The average Bonchev–Trinajstić information content (AvgIpc) is 2.60. The maximum absolute atomic E-state index is 12.9. The summed E-state index contributed by atoms with van der Waals surface area (Å²) in [5.74, 6) is -0.554. The predicted octanol–water partition coefficient (Wildman–Crippen LogP) is 3.06. The summed E-state index contributed by atoms with van der Waals surface area (Å²) in [6.07, 6.45) is 3.28. The summed E-state index contributed by atoms with van der Waals surface area (Å²) >= 11 is 1.47. The highest BCUT2D eigenvalue weighted by Crippen LogP contribution is 2.40. The van der Waals surface area contributed by atoms with E-state index in [-0.39, 0.29) is 17.4 Å². The second kappa shape index (κ2) is 7.96. The van der Waals surface area contributed by atoms with Crippen molar-refractivity contribution in [3.8, 4) is 0 Å². The van der Waals surface area contributed by atoms with Crippen LogP contribution in [0.25, 0.3) is 0 Å². The van der Waals surface area contributed by atoms with Crippen LogP contribution in [0.3, 0.4) is 0 Å². The van der Waals surface area contributed by atoms with Crippen molar-refractivity contribution < 1.29 is 9.53 Å². The van der Waals surface area contributed by atoms with Crippen molar-refractivity contribution >= 4 is 23.5 Å². The van der Waals surface area contributed by atoms with Crippen LogP contribution in [-0.4, -0.2) is 32.8 Å². The third-order valence-electron chi connectivity index (χ3n) is 4.10. The van der Waals surface area contributed by atoms with Crippen LogP contribution in [0.5, 0.6) is 0 Å². The number of esters is 1. The fraction of sp³-hybridized carbons (Fsp3) is 0.368. The summed E-state index contributed by atoms with van der Waals surface area (Å²) in [6, 6.07) is 3.59. The molecule has 0 amide bonds. The minimum absolute atomic E-state index is 0.254. The Bertz CT molecular complexity index is 938. The van der Waals surface area contributed by atoms with Gasteiger partial charge in [0.1, 0.15) is 5.82 Å². The number of ether oxygens (including phenoxy) is 1. The molecule has 2 N–H and O–H groups in total. The molecular weight excluding hydrogens is 364 g/mol. The number of rotatable bonds is 5. The predicted molar refractivity (Wildman–Crippen MR) is 105 cm³/mol. The zero-order valence-electron chi connectivity index (χ0n) is 15.7. The molecule has 0 aromatic carbocycles. The zero-order valence-corrected chi connectivity index (χ0v) is 16.5. The summed E-state index contributed by atoms with van der Waals surface area (Å²) in [4.78, 5) is 37.0. The second-order valence-corrected chi connectivity index (χ2v) is 7.96. The van der Waals surface area contributed by atoms with Gasteiger partial charge in [0.2, 0.25) is 0 Å². The van der Waals surface area contributed by atoms with Crippen LogP contribution < -0.4 is 10.9 Å². The molecule has 142 valence electrons. The molecule has 2 aromatic rings. The van der Waals surface area contributed by atoms with Crippen molar-refractivity contribution in [3.63, 3.8) is 0 Å². The number of hydrogen-bond acceptors (Lipinski definition) is 7. The Morgan fingerprint density at radius 1 is 1.33 bits per heavy atom. The summed E-state index contributed by atoms with van der Waals surface area (Å²) in [6.45, 7) is 7.86. The zero-order chi connectivity index (χ0) is 19.6. The van der Waals surface area contributed by atoms with Gasteiger partial charge in [0.15, 0.2) is 5.16 Å². The fourth-order valence-electron chi connectivity index (χ4n) is 3.08. The van der Waals surface area contributed by atoms with Crippen LogP contribution in [0.15, 0.2) is 45.7 Å². The molecule has 1 aliphatic rings. The molecule has 27 heavy (non-hydrogen) atoms. The molecule has 3 rings (SSSR count). The largest absolute Gasteiger partial charge is 0.463 e. The summed E-state index contributed by atoms with van der Waals surface area (Å²) in [7, 11) is 0. The number of pyridine rings is 1. The topological polar surface area (TPSA) is 97.0 Å². The van der Waals surface area contributed by atoms with E-state index in [4.69, 9.17) is 4.74 Å². The highest BCUT2D eigenvalue weighted by atomic mass is 32.2. The van der Waals surface area contributed by atoms with Gasteiger partial charge in [0.25, 0.3) is 5.56 Å². The average molecular weight is 386 g/mol. The Balaban J connectivity index is 2.20. The fourth-order valence-corrected chi connectivity index (χ4v) is 3.82. The van der Waals surface area contributed by atoms with Gasteiger partial charge < -0.3 is 15.0 Å². The Morgan fingerprint density at radius 2 is 2.04 bits per heavy atom. The van der Waals surface area contributed by atoms with Crippen molar-refractivity contribution in [2.24, 2.45) is 0 Å². The lowest BCUT2D eigenvalue weighted by Gasteiger charge is -2.28. The number of nitrogens with zero attached hydrogens (tertiary/aromatic N) is 2. The van der Waals surface area contributed by atoms with Crippen LogP contribution in [-0.2, 0) is 9.53 Å². The van der Waals surface area contributed by atoms with E-state index in [1.54, 1.807) is 38.4 Å². The lowest BCUT2D eigenvalue weighted by atomic mass is 9.83. The van der Waals surface area contributed by atoms with E-state index in [1.165, 1.54) is 11.8 Å². The van der Waals surface area contributed by atoms with Crippen molar-refractivity contribution in [1.82, 2.24) is 15.0 Å². The van der Waals surface area contributed by atoms with Crippen LogP contribution in [0.4, 0.5) is 5.82 Å². The van der Waals surface area contributed by atoms with Gasteiger partial charge in [-0.15, -0.1) is 0 Å². The lowest BCUT2D eigenvalue weighted by Crippen LogP contribution is -2.31. The number of carbonyl (C=O) groups is 1. The number of anilines is 1. The molecule has 0 bridgehead atoms. The van der Waals surface area contributed by atoms with Gasteiger partial charge in [0, 0.05) is 23.3 Å². The van der Waals surface area contributed by atoms with E-state index in [2.05, 4.69) is 20.3 Å². The Hall–Kier alpha value is -2.61. The Morgan fingerprint density at radius 3 is 2.67 bits per heavy atom. The van der Waals surface area contributed by atoms with Gasteiger partial charge in [-0.1, -0.05) is 25.6 Å². The van der Waals surface area contributed by atoms with E-state index in [9.17, 15) is 9.59 Å². The lowest BCUT2D eigenvalue weighted by molar-refractivity contribution is -0.138. The first-order chi connectivity index (χ1) is 12.9. The van der Waals surface area contributed by atoms with E-state index in [0.29, 0.717) is 27.8 Å². The van der Waals surface area contributed by atoms with Crippen molar-refractivity contribution in [2.45, 2.75) is 44.0 Å². The van der Waals surface area contributed by atoms with Crippen molar-refractivity contribution in [2.75, 3.05) is 11.9 Å². The first-order valence-corrected chi connectivity index (χ1v) is 9.66. The van der Waals surface area contributed by atoms with Crippen molar-refractivity contribution in [1.29, 1.82) is 0 Å². The Labute approximate surface area is 161 Å². The Kier molecular flexibility index (Phi) is 5.65. The summed E-state index contributed by atoms with van der Waals surface area (Å²) in [5.41, 5.74) is 1.95. The number of thioether (sulfide) groups is 1. The van der Waals surface area contributed by atoms with Crippen molar-refractivity contribution in [3.05, 3.63) is 57.3 Å². The molecule has 1 aliphatic heterocycles. The molecular formula is C19H22N4O3S. The molecule has 0 saturated carbocycles. The number of aromatic amines is 1. The SMILES string of the molecule is CCOC(=O)C1=C(C)Nc2nc(SC(C)C)[nH]c(=O)c2C1c1ccncc1. The molecule has 0 saturated heterocycles.